The summed E-state index contributed by atoms with van der Waals surface area (Å²) in [4.78, 5) is 2.30. The van der Waals surface area contributed by atoms with Crippen LogP contribution < -0.4 is 5.32 Å². The fourth-order valence-corrected chi connectivity index (χ4v) is 2.38. The van der Waals surface area contributed by atoms with Crippen LogP contribution >= 0.6 is 11.6 Å². The van der Waals surface area contributed by atoms with Gasteiger partial charge in [0.05, 0.1) is 0 Å². The summed E-state index contributed by atoms with van der Waals surface area (Å²) in [6.45, 7) is 6.89. The van der Waals surface area contributed by atoms with Crippen LogP contribution in [-0.4, -0.2) is 30.1 Å². The minimum absolute atomic E-state index is 0.212. The van der Waals surface area contributed by atoms with E-state index in [4.69, 9.17) is 11.6 Å². The summed E-state index contributed by atoms with van der Waals surface area (Å²) in [5.41, 5.74) is 0.718. The van der Waals surface area contributed by atoms with E-state index in [0.717, 1.165) is 18.7 Å². The molecule has 0 radical (unpaired) electrons. The van der Waals surface area contributed by atoms with Crippen molar-refractivity contribution in [1.82, 2.24) is 10.2 Å². The van der Waals surface area contributed by atoms with Crippen LogP contribution in [-0.2, 0) is 6.54 Å². The van der Waals surface area contributed by atoms with Gasteiger partial charge in [-0.2, -0.15) is 0 Å². The standard InChI is InChI=1S/C13H18ClFN2/c1-9-10(2)17(6-5-16-9)8-11-3-4-12(14)7-13(11)15/h3-4,7,9-10,16H,5-6,8H2,1-2H3. The van der Waals surface area contributed by atoms with Crippen LogP contribution in [0.3, 0.4) is 0 Å². The van der Waals surface area contributed by atoms with E-state index < -0.39 is 0 Å². The van der Waals surface area contributed by atoms with Crippen molar-refractivity contribution in [3.63, 3.8) is 0 Å². The Labute approximate surface area is 107 Å². The highest BCUT2D eigenvalue weighted by atomic mass is 35.5. The van der Waals surface area contributed by atoms with Gasteiger partial charge >= 0.3 is 0 Å². The second-order valence-electron chi connectivity index (χ2n) is 4.69. The fraction of sp³-hybridized carbons (Fsp3) is 0.538. The average molecular weight is 257 g/mol. The molecular weight excluding hydrogens is 239 g/mol. The highest BCUT2D eigenvalue weighted by Gasteiger charge is 2.24. The zero-order valence-corrected chi connectivity index (χ0v) is 11.0. The van der Waals surface area contributed by atoms with Gasteiger partial charge in [-0.25, -0.2) is 4.39 Å². The lowest BCUT2D eigenvalue weighted by molar-refractivity contribution is 0.129. The molecule has 0 saturated carbocycles. The maximum Gasteiger partial charge on any atom is 0.129 e. The second-order valence-corrected chi connectivity index (χ2v) is 5.13. The molecule has 1 aromatic rings. The van der Waals surface area contributed by atoms with Crippen molar-refractivity contribution in [2.75, 3.05) is 13.1 Å². The topological polar surface area (TPSA) is 15.3 Å². The molecule has 1 N–H and O–H groups in total. The zero-order chi connectivity index (χ0) is 12.4. The molecule has 0 spiro atoms. The van der Waals surface area contributed by atoms with Crippen LogP contribution in [0.25, 0.3) is 0 Å². The van der Waals surface area contributed by atoms with E-state index in [0.29, 0.717) is 23.7 Å². The molecule has 1 aliphatic heterocycles. The molecule has 0 aromatic heterocycles. The molecule has 2 nitrogen and oxygen atoms in total. The van der Waals surface area contributed by atoms with Gasteiger partial charge in [-0.05, 0) is 26.0 Å². The maximum atomic E-state index is 13.7. The summed E-state index contributed by atoms with van der Waals surface area (Å²) in [6.07, 6.45) is 0. The quantitative estimate of drug-likeness (QED) is 0.875. The third-order valence-corrected chi connectivity index (χ3v) is 3.79. The summed E-state index contributed by atoms with van der Waals surface area (Å²) < 4.78 is 13.7. The number of hydrogen-bond donors (Lipinski definition) is 1. The summed E-state index contributed by atoms with van der Waals surface area (Å²) in [7, 11) is 0. The fourth-order valence-electron chi connectivity index (χ4n) is 2.22. The Kier molecular flexibility index (Phi) is 4.02. The molecule has 0 aliphatic carbocycles. The number of piperazine rings is 1. The third kappa shape index (κ3) is 2.97. The largest absolute Gasteiger partial charge is 0.311 e. The van der Waals surface area contributed by atoms with Crippen LogP contribution in [0.2, 0.25) is 5.02 Å². The number of nitrogens with one attached hydrogen (secondary N) is 1. The second kappa shape index (κ2) is 5.34. The lowest BCUT2D eigenvalue weighted by Gasteiger charge is -2.38. The minimum Gasteiger partial charge on any atom is -0.311 e. The van der Waals surface area contributed by atoms with E-state index in [1.54, 1.807) is 12.1 Å². The predicted octanol–water partition coefficient (Wildman–Crippen LogP) is 2.66. The van der Waals surface area contributed by atoms with Crippen LogP contribution in [0.15, 0.2) is 18.2 Å². The van der Waals surface area contributed by atoms with E-state index in [-0.39, 0.29) is 5.82 Å². The van der Waals surface area contributed by atoms with Gasteiger partial charge < -0.3 is 5.32 Å². The van der Waals surface area contributed by atoms with E-state index in [1.807, 2.05) is 0 Å². The number of benzene rings is 1. The van der Waals surface area contributed by atoms with Gasteiger partial charge in [-0.3, -0.25) is 4.90 Å². The van der Waals surface area contributed by atoms with Crippen molar-refractivity contribution in [1.29, 1.82) is 0 Å². The molecular formula is C13H18ClFN2. The molecule has 4 heteroatoms. The van der Waals surface area contributed by atoms with E-state index >= 15 is 0 Å². The van der Waals surface area contributed by atoms with Crippen LogP contribution in [0, 0.1) is 5.82 Å². The van der Waals surface area contributed by atoms with Gasteiger partial charge in [0.2, 0.25) is 0 Å². The molecule has 1 heterocycles. The lowest BCUT2D eigenvalue weighted by Crippen LogP contribution is -2.54. The maximum absolute atomic E-state index is 13.7. The molecule has 94 valence electrons. The monoisotopic (exact) mass is 256 g/mol. The van der Waals surface area contributed by atoms with E-state index in [1.165, 1.54) is 6.07 Å². The Hall–Kier alpha value is -0.640. The first-order chi connectivity index (χ1) is 8.08. The van der Waals surface area contributed by atoms with Crippen molar-refractivity contribution in [2.24, 2.45) is 0 Å². The van der Waals surface area contributed by atoms with E-state index in [2.05, 4.69) is 24.1 Å². The Morgan fingerprint density at radius 2 is 2.24 bits per heavy atom. The molecule has 1 aliphatic rings. The van der Waals surface area contributed by atoms with Crippen molar-refractivity contribution < 1.29 is 4.39 Å². The van der Waals surface area contributed by atoms with Crippen LogP contribution in [0.1, 0.15) is 19.4 Å². The summed E-state index contributed by atoms with van der Waals surface area (Å²) in [5.74, 6) is -0.212. The highest BCUT2D eigenvalue weighted by Crippen LogP contribution is 2.19. The van der Waals surface area contributed by atoms with Gasteiger partial charge in [0.25, 0.3) is 0 Å². The minimum atomic E-state index is -0.212. The summed E-state index contributed by atoms with van der Waals surface area (Å²) in [5, 5.41) is 3.87. The Balaban J connectivity index is 2.09. The Morgan fingerprint density at radius 1 is 1.47 bits per heavy atom. The van der Waals surface area contributed by atoms with Crippen LogP contribution in [0.5, 0.6) is 0 Å². The number of rotatable bonds is 2. The number of halogens is 2. The van der Waals surface area contributed by atoms with Gasteiger partial charge in [0.15, 0.2) is 0 Å². The Bertz CT molecular complexity index is 397. The SMILES string of the molecule is CC1NCCN(Cc2ccc(Cl)cc2F)C1C. The first-order valence-corrected chi connectivity index (χ1v) is 6.37. The Morgan fingerprint density at radius 3 is 2.94 bits per heavy atom. The van der Waals surface area contributed by atoms with Crippen molar-refractivity contribution in [3.05, 3.63) is 34.6 Å². The molecule has 1 fully saturated rings. The molecule has 2 unspecified atom stereocenters. The van der Waals surface area contributed by atoms with Crippen molar-refractivity contribution in [2.45, 2.75) is 32.5 Å². The first-order valence-electron chi connectivity index (χ1n) is 5.99. The third-order valence-electron chi connectivity index (χ3n) is 3.55. The molecule has 2 rings (SSSR count). The van der Waals surface area contributed by atoms with Gasteiger partial charge in [0, 0.05) is 42.3 Å². The highest BCUT2D eigenvalue weighted by molar-refractivity contribution is 6.30. The first kappa shape index (κ1) is 12.8. The molecule has 1 aromatic carbocycles. The lowest BCUT2D eigenvalue weighted by atomic mass is 10.1. The zero-order valence-electron chi connectivity index (χ0n) is 10.2. The molecule has 0 amide bonds. The molecule has 0 bridgehead atoms. The number of nitrogens with zero attached hydrogens (tertiary/aromatic N) is 1. The average Bonchev–Trinajstić information content (AvgIpc) is 2.28. The van der Waals surface area contributed by atoms with Gasteiger partial charge in [-0.15, -0.1) is 0 Å². The molecule has 17 heavy (non-hydrogen) atoms. The van der Waals surface area contributed by atoms with Gasteiger partial charge in [0.1, 0.15) is 5.82 Å². The number of hydrogen-bond acceptors (Lipinski definition) is 2. The van der Waals surface area contributed by atoms with Crippen molar-refractivity contribution >= 4 is 11.6 Å². The van der Waals surface area contributed by atoms with Crippen molar-refractivity contribution in [3.8, 4) is 0 Å². The molecule has 2 atom stereocenters. The van der Waals surface area contributed by atoms with E-state index in [9.17, 15) is 4.39 Å². The summed E-state index contributed by atoms with van der Waals surface area (Å²) >= 11 is 5.75. The smallest absolute Gasteiger partial charge is 0.129 e. The normalized spacial score (nSPS) is 26.1. The molecule has 1 saturated heterocycles. The van der Waals surface area contributed by atoms with Crippen LogP contribution in [0.4, 0.5) is 4.39 Å². The summed E-state index contributed by atoms with van der Waals surface area (Å²) in [6, 6.07) is 5.76. The van der Waals surface area contributed by atoms with Gasteiger partial charge in [-0.1, -0.05) is 17.7 Å². The predicted molar refractivity (Wildman–Crippen MR) is 68.7 cm³/mol.